The third kappa shape index (κ3) is 3.44. The molecule has 0 aliphatic carbocycles. The van der Waals surface area contributed by atoms with E-state index in [0.717, 1.165) is 22.1 Å². The molecule has 0 saturated heterocycles. The molecule has 7 nitrogen and oxygen atoms in total. The topological polar surface area (TPSA) is 81.6 Å². The predicted molar refractivity (Wildman–Crippen MR) is 124 cm³/mol. The fourth-order valence-corrected chi connectivity index (χ4v) is 3.99. The van der Waals surface area contributed by atoms with Crippen LogP contribution in [0.5, 0.6) is 5.75 Å². The molecule has 1 atom stereocenters. The minimum absolute atomic E-state index is 0.224. The number of anilines is 1. The van der Waals surface area contributed by atoms with E-state index in [-0.39, 0.29) is 5.91 Å². The number of rotatable bonds is 3. The maximum atomic E-state index is 12.8. The molecule has 3 aromatic carbocycles. The van der Waals surface area contributed by atoms with Gasteiger partial charge in [0.05, 0.1) is 24.0 Å². The number of amides is 1. The first kappa shape index (κ1) is 19.0. The smallest absolute Gasteiger partial charge is 0.265 e. The van der Waals surface area contributed by atoms with Gasteiger partial charge in [0.25, 0.3) is 5.91 Å². The van der Waals surface area contributed by atoms with E-state index in [1.165, 1.54) is 0 Å². The van der Waals surface area contributed by atoms with Gasteiger partial charge in [-0.05, 0) is 52.7 Å². The summed E-state index contributed by atoms with van der Waals surface area (Å²) in [6.07, 6.45) is 1.49. The molecule has 33 heavy (non-hydrogen) atoms. The van der Waals surface area contributed by atoms with Gasteiger partial charge in [0, 0.05) is 6.42 Å². The van der Waals surface area contributed by atoms with Gasteiger partial charge in [-0.2, -0.15) is 0 Å². The first-order valence-electron chi connectivity index (χ1n) is 10.4. The van der Waals surface area contributed by atoms with Crippen LogP contribution in [0.25, 0.3) is 38.3 Å². The van der Waals surface area contributed by atoms with E-state index < -0.39 is 6.10 Å². The lowest BCUT2D eigenvalue weighted by Crippen LogP contribution is -2.31. The Kier molecular flexibility index (Phi) is 4.30. The highest BCUT2D eigenvalue weighted by atomic mass is 16.5. The SMILES string of the molecule is [C-]#[N+]c1ccc2oc(-c3ccc(NC(=O)C4Cc5cc6ccccc6cc5O4)cn3)nc2c1. The molecule has 5 aromatic rings. The minimum Gasteiger partial charge on any atom is -0.480 e. The van der Waals surface area contributed by atoms with Crippen molar-refractivity contribution in [3.8, 4) is 17.3 Å². The lowest BCUT2D eigenvalue weighted by molar-refractivity contribution is -0.122. The third-order valence-corrected chi connectivity index (χ3v) is 5.65. The lowest BCUT2D eigenvalue weighted by Gasteiger charge is -2.11. The molecule has 3 heterocycles. The standard InChI is InChI=1S/C26H16N4O3/c1-27-18-7-9-22-21(13-18)30-26(33-22)20-8-6-19(14-28-20)29-25(31)24-12-17-10-15-4-2-3-5-16(15)11-23(17)32-24/h2-11,13-14,24H,12H2,(H,29,31). The Bertz CT molecular complexity index is 1540. The zero-order chi connectivity index (χ0) is 22.4. The molecule has 0 radical (unpaired) electrons. The average molecular weight is 432 g/mol. The van der Waals surface area contributed by atoms with Gasteiger partial charge in [-0.15, -0.1) is 0 Å². The first-order chi connectivity index (χ1) is 16.2. The Morgan fingerprint density at radius 1 is 1.06 bits per heavy atom. The van der Waals surface area contributed by atoms with Crippen LogP contribution in [0.1, 0.15) is 5.56 Å². The van der Waals surface area contributed by atoms with Crippen molar-refractivity contribution in [1.82, 2.24) is 9.97 Å². The lowest BCUT2D eigenvalue weighted by atomic mass is 10.0. The molecule has 6 rings (SSSR count). The molecule has 7 heteroatoms. The highest BCUT2D eigenvalue weighted by molar-refractivity contribution is 5.96. The molecule has 0 saturated carbocycles. The quantitative estimate of drug-likeness (QED) is 0.379. The zero-order valence-electron chi connectivity index (χ0n) is 17.3. The van der Waals surface area contributed by atoms with E-state index in [1.807, 2.05) is 24.3 Å². The van der Waals surface area contributed by atoms with Gasteiger partial charge >= 0.3 is 0 Å². The van der Waals surface area contributed by atoms with Crippen LogP contribution in [-0.4, -0.2) is 22.0 Å². The monoisotopic (exact) mass is 432 g/mol. The van der Waals surface area contributed by atoms with Crippen molar-refractivity contribution in [2.75, 3.05) is 5.32 Å². The Morgan fingerprint density at radius 3 is 2.70 bits per heavy atom. The summed E-state index contributed by atoms with van der Waals surface area (Å²) in [6.45, 7) is 7.11. The number of hydrogen-bond acceptors (Lipinski definition) is 5. The van der Waals surface area contributed by atoms with E-state index in [0.29, 0.717) is 40.5 Å². The molecule has 0 bridgehead atoms. The molecule has 0 fully saturated rings. The highest BCUT2D eigenvalue weighted by Gasteiger charge is 2.29. The maximum Gasteiger partial charge on any atom is 0.265 e. The summed E-state index contributed by atoms with van der Waals surface area (Å²) in [6, 6.07) is 20.7. The van der Waals surface area contributed by atoms with E-state index in [1.54, 1.807) is 36.5 Å². The summed E-state index contributed by atoms with van der Waals surface area (Å²) in [4.78, 5) is 25.0. The molecule has 1 aliphatic rings. The van der Waals surface area contributed by atoms with Crippen molar-refractivity contribution < 1.29 is 13.9 Å². The van der Waals surface area contributed by atoms with Gasteiger partial charge < -0.3 is 14.5 Å². The molecule has 0 spiro atoms. The second-order valence-corrected chi connectivity index (χ2v) is 7.82. The van der Waals surface area contributed by atoms with Crippen LogP contribution in [0.3, 0.4) is 0 Å². The fourth-order valence-electron chi connectivity index (χ4n) is 3.99. The van der Waals surface area contributed by atoms with Gasteiger partial charge in [0.15, 0.2) is 17.4 Å². The van der Waals surface area contributed by atoms with Crippen molar-refractivity contribution in [2.45, 2.75) is 12.5 Å². The second-order valence-electron chi connectivity index (χ2n) is 7.82. The van der Waals surface area contributed by atoms with Gasteiger partial charge in [-0.1, -0.05) is 30.3 Å². The third-order valence-electron chi connectivity index (χ3n) is 5.65. The minimum atomic E-state index is -0.592. The van der Waals surface area contributed by atoms with E-state index in [2.05, 4.69) is 32.3 Å². The number of pyridine rings is 1. The molecule has 2 aromatic heterocycles. The van der Waals surface area contributed by atoms with Crippen molar-refractivity contribution in [2.24, 2.45) is 0 Å². The number of carbonyl (C=O) groups is 1. The summed E-state index contributed by atoms with van der Waals surface area (Å²) in [5.41, 5.74) is 3.80. The predicted octanol–water partition coefficient (Wildman–Crippen LogP) is 5.54. The fraction of sp³-hybridized carbons (Fsp3) is 0.0769. The number of aromatic nitrogens is 2. The number of ether oxygens (including phenoxy) is 1. The summed E-state index contributed by atoms with van der Waals surface area (Å²) < 4.78 is 11.7. The van der Waals surface area contributed by atoms with Gasteiger partial charge in [-0.25, -0.2) is 14.8 Å². The summed E-state index contributed by atoms with van der Waals surface area (Å²) in [7, 11) is 0. The molecule has 1 unspecified atom stereocenters. The Morgan fingerprint density at radius 2 is 1.91 bits per heavy atom. The van der Waals surface area contributed by atoms with Gasteiger partial charge in [0.2, 0.25) is 5.89 Å². The summed E-state index contributed by atoms with van der Waals surface area (Å²) in [5, 5.41) is 5.08. The number of nitrogens with one attached hydrogen (secondary N) is 1. The Hall–Kier alpha value is -4.70. The number of benzene rings is 3. The number of oxazole rings is 1. The maximum absolute atomic E-state index is 12.8. The van der Waals surface area contributed by atoms with Gasteiger partial charge in [-0.3, -0.25) is 4.79 Å². The number of hydrogen-bond donors (Lipinski definition) is 1. The normalized spacial score (nSPS) is 14.6. The van der Waals surface area contributed by atoms with E-state index in [4.69, 9.17) is 15.7 Å². The molecular formula is C26H16N4O3. The van der Waals surface area contributed by atoms with Crippen molar-refractivity contribution in [1.29, 1.82) is 0 Å². The molecule has 1 amide bonds. The molecule has 1 N–H and O–H groups in total. The molecule has 1 aliphatic heterocycles. The largest absolute Gasteiger partial charge is 0.480 e. The van der Waals surface area contributed by atoms with Crippen LogP contribution in [0.15, 0.2) is 77.3 Å². The Labute approximate surface area is 188 Å². The molecule has 158 valence electrons. The van der Waals surface area contributed by atoms with Crippen molar-refractivity contribution in [3.05, 3.63) is 89.9 Å². The second kappa shape index (κ2) is 7.46. The van der Waals surface area contributed by atoms with Crippen LogP contribution in [-0.2, 0) is 11.2 Å². The average Bonchev–Trinajstić information content (AvgIpc) is 3.46. The summed E-state index contributed by atoms with van der Waals surface area (Å²) in [5.74, 6) is 0.879. The van der Waals surface area contributed by atoms with E-state index >= 15 is 0 Å². The van der Waals surface area contributed by atoms with Crippen LogP contribution in [0.2, 0.25) is 0 Å². The number of fused-ring (bicyclic) bond motifs is 3. The zero-order valence-corrected chi connectivity index (χ0v) is 17.3. The van der Waals surface area contributed by atoms with Crippen LogP contribution >= 0.6 is 0 Å². The van der Waals surface area contributed by atoms with Crippen molar-refractivity contribution in [3.63, 3.8) is 0 Å². The highest BCUT2D eigenvalue weighted by Crippen LogP contribution is 2.33. The van der Waals surface area contributed by atoms with Crippen LogP contribution in [0, 0.1) is 6.57 Å². The van der Waals surface area contributed by atoms with Crippen molar-refractivity contribution >= 4 is 39.2 Å². The first-order valence-corrected chi connectivity index (χ1v) is 10.4. The number of nitrogens with zero attached hydrogens (tertiary/aromatic N) is 3. The van der Waals surface area contributed by atoms with Crippen LogP contribution in [0.4, 0.5) is 11.4 Å². The van der Waals surface area contributed by atoms with Crippen LogP contribution < -0.4 is 10.1 Å². The van der Waals surface area contributed by atoms with E-state index in [9.17, 15) is 4.79 Å². The summed E-state index contributed by atoms with van der Waals surface area (Å²) >= 11 is 0. The molecular weight excluding hydrogens is 416 g/mol. The number of carbonyl (C=O) groups excluding carboxylic acids is 1. The Balaban J connectivity index is 1.17. The van der Waals surface area contributed by atoms with Gasteiger partial charge in [0.1, 0.15) is 11.4 Å².